The number of imidazole rings is 1. The number of likely N-dealkylation sites (tertiary alicyclic amines) is 1. The lowest BCUT2D eigenvalue weighted by Gasteiger charge is -2.32. The van der Waals surface area contributed by atoms with Crippen LogP contribution >= 0.6 is 0 Å². The summed E-state index contributed by atoms with van der Waals surface area (Å²) >= 11 is 0. The summed E-state index contributed by atoms with van der Waals surface area (Å²) in [5, 5.41) is 9.43. The van der Waals surface area contributed by atoms with E-state index in [0.717, 1.165) is 38.2 Å². The van der Waals surface area contributed by atoms with Gasteiger partial charge < -0.3 is 9.67 Å². The van der Waals surface area contributed by atoms with Crippen molar-refractivity contribution >= 4 is 5.97 Å². The van der Waals surface area contributed by atoms with Crippen molar-refractivity contribution in [2.45, 2.75) is 38.8 Å². The van der Waals surface area contributed by atoms with Crippen LogP contribution in [0.3, 0.4) is 0 Å². The fourth-order valence-corrected chi connectivity index (χ4v) is 2.47. The maximum absolute atomic E-state index is 11.5. The lowest BCUT2D eigenvalue weighted by molar-refractivity contribution is -0.144. The van der Waals surface area contributed by atoms with Gasteiger partial charge in [0.15, 0.2) is 6.04 Å². The van der Waals surface area contributed by atoms with Crippen molar-refractivity contribution in [2.75, 3.05) is 13.1 Å². The molecule has 0 amide bonds. The molecule has 0 aliphatic carbocycles. The zero-order chi connectivity index (χ0) is 12.3. The van der Waals surface area contributed by atoms with Gasteiger partial charge in [-0.2, -0.15) is 0 Å². The summed E-state index contributed by atoms with van der Waals surface area (Å²) in [6, 6.07) is -0.544. The standard InChI is InChI=1S/C12H19N3O2/c1-2-14-9-13-8-10(14)11(12(16)17)15-6-4-3-5-7-15/h8-9,11H,2-7H2,1H3,(H,16,17). The average Bonchev–Trinajstić information content (AvgIpc) is 2.78. The van der Waals surface area contributed by atoms with Crippen molar-refractivity contribution in [3.63, 3.8) is 0 Å². The van der Waals surface area contributed by atoms with Gasteiger partial charge in [-0.05, 0) is 32.9 Å². The molecule has 0 radical (unpaired) electrons. The number of piperidine rings is 1. The van der Waals surface area contributed by atoms with Crippen molar-refractivity contribution in [3.05, 3.63) is 18.2 Å². The second-order valence-electron chi connectivity index (χ2n) is 4.44. The number of nitrogens with zero attached hydrogens (tertiary/aromatic N) is 3. The minimum absolute atomic E-state index is 0.544. The number of carboxylic acids is 1. The Balaban J connectivity index is 2.25. The minimum atomic E-state index is -0.776. The molecule has 2 rings (SSSR count). The Morgan fingerprint density at radius 1 is 1.47 bits per heavy atom. The van der Waals surface area contributed by atoms with Gasteiger partial charge in [0.2, 0.25) is 0 Å². The molecule has 5 nitrogen and oxygen atoms in total. The zero-order valence-electron chi connectivity index (χ0n) is 10.2. The van der Waals surface area contributed by atoms with Crippen LogP contribution in [0.15, 0.2) is 12.5 Å². The first-order chi connectivity index (χ1) is 8.24. The first-order valence-electron chi connectivity index (χ1n) is 6.21. The fourth-order valence-electron chi connectivity index (χ4n) is 2.47. The average molecular weight is 237 g/mol. The van der Waals surface area contributed by atoms with Crippen LogP contribution in [0.25, 0.3) is 0 Å². The number of hydrogen-bond donors (Lipinski definition) is 1. The van der Waals surface area contributed by atoms with E-state index in [1.54, 1.807) is 12.5 Å². The Morgan fingerprint density at radius 2 is 2.18 bits per heavy atom. The first-order valence-corrected chi connectivity index (χ1v) is 6.21. The third kappa shape index (κ3) is 2.49. The monoisotopic (exact) mass is 237 g/mol. The van der Waals surface area contributed by atoms with Crippen molar-refractivity contribution in [3.8, 4) is 0 Å². The molecular formula is C12H19N3O2. The summed E-state index contributed by atoms with van der Waals surface area (Å²) in [5.74, 6) is -0.776. The van der Waals surface area contributed by atoms with Crippen LogP contribution in [0.5, 0.6) is 0 Å². The summed E-state index contributed by atoms with van der Waals surface area (Å²) in [4.78, 5) is 17.6. The molecule has 94 valence electrons. The number of aryl methyl sites for hydroxylation is 1. The number of carbonyl (C=O) groups is 1. The van der Waals surface area contributed by atoms with Gasteiger partial charge in [-0.3, -0.25) is 9.69 Å². The second kappa shape index (κ2) is 5.31. The highest BCUT2D eigenvalue weighted by Crippen LogP contribution is 2.24. The van der Waals surface area contributed by atoms with Crippen LogP contribution in [-0.2, 0) is 11.3 Å². The van der Waals surface area contributed by atoms with E-state index in [2.05, 4.69) is 9.88 Å². The predicted molar refractivity (Wildman–Crippen MR) is 63.7 cm³/mol. The van der Waals surface area contributed by atoms with Crippen LogP contribution in [0.4, 0.5) is 0 Å². The molecule has 17 heavy (non-hydrogen) atoms. The molecule has 1 aromatic rings. The van der Waals surface area contributed by atoms with E-state index in [9.17, 15) is 9.90 Å². The van der Waals surface area contributed by atoms with E-state index >= 15 is 0 Å². The lowest BCUT2D eigenvalue weighted by Crippen LogP contribution is -2.38. The highest BCUT2D eigenvalue weighted by atomic mass is 16.4. The Hall–Kier alpha value is -1.36. The van der Waals surface area contributed by atoms with Crippen molar-refractivity contribution in [2.24, 2.45) is 0 Å². The highest BCUT2D eigenvalue weighted by molar-refractivity contribution is 5.74. The number of carboxylic acid groups (broad SMARTS) is 1. The molecule has 1 aliphatic heterocycles. The molecular weight excluding hydrogens is 218 g/mol. The quantitative estimate of drug-likeness (QED) is 0.862. The molecule has 0 bridgehead atoms. The van der Waals surface area contributed by atoms with E-state index < -0.39 is 12.0 Å². The van der Waals surface area contributed by atoms with Gasteiger partial charge >= 0.3 is 5.97 Å². The van der Waals surface area contributed by atoms with E-state index in [4.69, 9.17) is 0 Å². The van der Waals surface area contributed by atoms with Crippen LogP contribution in [0.2, 0.25) is 0 Å². The second-order valence-corrected chi connectivity index (χ2v) is 4.44. The molecule has 1 saturated heterocycles. The van der Waals surface area contributed by atoms with Crippen LogP contribution < -0.4 is 0 Å². The van der Waals surface area contributed by atoms with Crippen molar-refractivity contribution in [1.29, 1.82) is 0 Å². The molecule has 0 saturated carbocycles. The van der Waals surface area contributed by atoms with E-state index in [1.165, 1.54) is 6.42 Å². The third-order valence-corrected chi connectivity index (χ3v) is 3.36. The van der Waals surface area contributed by atoms with Crippen LogP contribution in [0.1, 0.15) is 37.9 Å². The smallest absolute Gasteiger partial charge is 0.327 e. The molecule has 1 atom stereocenters. The fraction of sp³-hybridized carbons (Fsp3) is 0.667. The Labute approximate surface area is 101 Å². The van der Waals surface area contributed by atoms with E-state index in [0.29, 0.717) is 0 Å². The van der Waals surface area contributed by atoms with Crippen molar-refractivity contribution < 1.29 is 9.90 Å². The number of hydrogen-bond acceptors (Lipinski definition) is 3. The van der Waals surface area contributed by atoms with Gasteiger partial charge in [-0.1, -0.05) is 6.42 Å². The predicted octanol–water partition coefficient (Wildman–Crippen LogP) is 1.51. The molecule has 1 aromatic heterocycles. The molecule has 5 heteroatoms. The zero-order valence-corrected chi connectivity index (χ0v) is 10.2. The normalized spacial score (nSPS) is 19.1. The van der Waals surface area contributed by atoms with Gasteiger partial charge in [0.05, 0.1) is 18.2 Å². The highest BCUT2D eigenvalue weighted by Gasteiger charge is 2.30. The summed E-state index contributed by atoms with van der Waals surface area (Å²) < 4.78 is 1.91. The van der Waals surface area contributed by atoms with Crippen molar-refractivity contribution in [1.82, 2.24) is 14.5 Å². The van der Waals surface area contributed by atoms with Gasteiger partial charge in [-0.25, -0.2) is 4.98 Å². The largest absolute Gasteiger partial charge is 0.480 e. The molecule has 1 aliphatic rings. The van der Waals surface area contributed by atoms with Gasteiger partial charge in [0.1, 0.15) is 0 Å². The lowest BCUT2D eigenvalue weighted by atomic mass is 10.1. The van der Waals surface area contributed by atoms with E-state index in [-0.39, 0.29) is 0 Å². The Bertz CT molecular complexity index is 383. The minimum Gasteiger partial charge on any atom is -0.480 e. The number of aliphatic carboxylic acids is 1. The Kier molecular flexibility index (Phi) is 3.78. The molecule has 0 aromatic carbocycles. The maximum Gasteiger partial charge on any atom is 0.327 e. The molecule has 1 N–H and O–H groups in total. The van der Waals surface area contributed by atoms with Crippen LogP contribution in [-0.4, -0.2) is 38.6 Å². The number of rotatable bonds is 4. The van der Waals surface area contributed by atoms with E-state index in [1.807, 2.05) is 11.5 Å². The summed E-state index contributed by atoms with van der Waals surface area (Å²) in [6.45, 7) is 4.49. The summed E-state index contributed by atoms with van der Waals surface area (Å²) in [6.07, 6.45) is 6.76. The molecule has 2 heterocycles. The summed E-state index contributed by atoms with van der Waals surface area (Å²) in [7, 11) is 0. The Morgan fingerprint density at radius 3 is 2.76 bits per heavy atom. The molecule has 1 fully saturated rings. The SMILES string of the molecule is CCn1cncc1C(C(=O)O)N1CCCCC1. The first kappa shape index (κ1) is 12.1. The topological polar surface area (TPSA) is 58.4 Å². The molecule has 0 spiro atoms. The van der Waals surface area contributed by atoms with Gasteiger partial charge in [-0.15, -0.1) is 0 Å². The molecule has 1 unspecified atom stereocenters. The van der Waals surface area contributed by atoms with Crippen LogP contribution in [0, 0.1) is 0 Å². The van der Waals surface area contributed by atoms with Gasteiger partial charge in [0, 0.05) is 6.54 Å². The number of aromatic nitrogens is 2. The maximum atomic E-state index is 11.5. The van der Waals surface area contributed by atoms with Gasteiger partial charge in [0.25, 0.3) is 0 Å². The summed E-state index contributed by atoms with van der Waals surface area (Å²) in [5.41, 5.74) is 0.793. The third-order valence-electron chi connectivity index (χ3n) is 3.36.